The molecule has 0 aliphatic heterocycles. The van der Waals surface area contributed by atoms with Gasteiger partial charge in [-0.3, -0.25) is 0 Å². The fourth-order valence-electron chi connectivity index (χ4n) is 9.22. The van der Waals surface area contributed by atoms with Crippen molar-refractivity contribution >= 4 is 43.5 Å². The van der Waals surface area contributed by atoms with Gasteiger partial charge in [0.2, 0.25) is 20.0 Å². The fraction of sp³-hybridized carbons (Fsp3) is 0.600. The predicted molar refractivity (Wildman–Crippen MR) is 181 cm³/mol. The summed E-state index contributed by atoms with van der Waals surface area (Å²) >= 11 is 0. The lowest BCUT2D eigenvalue weighted by Gasteiger charge is -2.27. The van der Waals surface area contributed by atoms with Gasteiger partial charge in [0, 0.05) is 11.4 Å². The Labute approximate surface area is 277 Å². The highest BCUT2D eigenvalue weighted by Crippen LogP contribution is 2.55. The van der Waals surface area contributed by atoms with Crippen LogP contribution in [0.25, 0.3) is 0 Å². The van der Waals surface area contributed by atoms with Gasteiger partial charge >= 0.3 is 12.1 Å². The summed E-state index contributed by atoms with van der Waals surface area (Å²) in [5.74, 6) is 0.420. The number of aryl methyl sites for hydroxylation is 3. The average Bonchev–Trinajstić information content (AvgIpc) is 3.74. The first kappa shape index (κ1) is 31.2. The van der Waals surface area contributed by atoms with Crippen molar-refractivity contribution < 1.29 is 26.4 Å². The minimum atomic E-state index is -3.72. The number of sulfonamides is 2. The minimum absolute atomic E-state index is 0.0147. The molecular formula is C35H44N4O6S2. The molecule has 0 spiro atoms. The second-order valence-electron chi connectivity index (χ2n) is 14.7. The first-order chi connectivity index (χ1) is 22.6. The molecule has 252 valence electrons. The van der Waals surface area contributed by atoms with E-state index in [-0.39, 0.29) is 23.5 Å². The molecule has 2 unspecified atom stereocenters. The normalized spacial score (nSPS) is 23.2. The molecule has 47 heavy (non-hydrogen) atoms. The van der Waals surface area contributed by atoms with Crippen molar-refractivity contribution in [1.82, 2.24) is 9.44 Å². The van der Waals surface area contributed by atoms with E-state index in [1.54, 1.807) is 0 Å². The maximum absolute atomic E-state index is 13.3. The highest BCUT2D eigenvalue weighted by atomic mass is 32.2. The zero-order valence-electron chi connectivity index (χ0n) is 26.8. The summed E-state index contributed by atoms with van der Waals surface area (Å²) < 4.78 is 55.6. The quantitative estimate of drug-likeness (QED) is 0.282. The highest BCUT2D eigenvalue weighted by molar-refractivity contribution is 7.90. The average molecular weight is 681 g/mol. The monoisotopic (exact) mass is 680 g/mol. The van der Waals surface area contributed by atoms with Crippen molar-refractivity contribution in [2.24, 2.45) is 5.92 Å². The molecule has 6 aliphatic rings. The van der Waals surface area contributed by atoms with Crippen LogP contribution in [-0.4, -0.2) is 39.9 Å². The molecule has 4 N–H and O–H groups in total. The van der Waals surface area contributed by atoms with Crippen LogP contribution in [-0.2, 0) is 58.6 Å². The molecule has 2 aromatic rings. The third-order valence-corrected chi connectivity index (χ3v) is 15.1. The van der Waals surface area contributed by atoms with Gasteiger partial charge in [0.15, 0.2) is 0 Å². The number of anilines is 2. The lowest BCUT2D eigenvalue weighted by molar-refractivity contribution is 0.255. The first-order valence-electron chi connectivity index (χ1n) is 17.6. The highest BCUT2D eigenvalue weighted by Gasteiger charge is 2.41. The molecule has 0 bridgehead atoms. The van der Waals surface area contributed by atoms with E-state index in [1.807, 2.05) is 0 Å². The van der Waals surface area contributed by atoms with Gasteiger partial charge in [0.05, 0.1) is 11.0 Å². The van der Waals surface area contributed by atoms with Crippen LogP contribution in [0.5, 0.6) is 0 Å². The van der Waals surface area contributed by atoms with Crippen LogP contribution in [0, 0.1) is 5.92 Å². The van der Waals surface area contributed by atoms with Gasteiger partial charge in [0.25, 0.3) is 0 Å². The summed E-state index contributed by atoms with van der Waals surface area (Å²) in [5, 5.41) is 5.55. The minimum Gasteiger partial charge on any atom is -0.307 e. The number of urea groups is 2. The number of carbonyl (C=O) groups is 2. The van der Waals surface area contributed by atoms with Crippen LogP contribution in [0.1, 0.15) is 121 Å². The summed E-state index contributed by atoms with van der Waals surface area (Å²) in [7, 11) is -7.44. The lowest BCUT2D eigenvalue weighted by atomic mass is 9.81. The first-order valence-corrected chi connectivity index (χ1v) is 20.8. The van der Waals surface area contributed by atoms with E-state index in [2.05, 4.69) is 32.2 Å². The number of fused-ring (bicyclic) bond motifs is 4. The molecule has 2 fully saturated rings. The number of hydrogen-bond donors (Lipinski definition) is 4. The fourth-order valence-corrected chi connectivity index (χ4v) is 12.0. The largest absolute Gasteiger partial charge is 0.332 e. The van der Waals surface area contributed by atoms with Crippen molar-refractivity contribution in [1.29, 1.82) is 0 Å². The van der Waals surface area contributed by atoms with Crippen molar-refractivity contribution in [3.05, 3.63) is 56.6 Å². The van der Waals surface area contributed by atoms with Gasteiger partial charge < -0.3 is 10.6 Å². The van der Waals surface area contributed by atoms with Crippen LogP contribution < -0.4 is 20.1 Å². The lowest BCUT2D eigenvalue weighted by Crippen LogP contribution is -2.43. The molecule has 10 nitrogen and oxygen atoms in total. The van der Waals surface area contributed by atoms with Crippen molar-refractivity contribution in [3.63, 3.8) is 0 Å². The van der Waals surface area contributed by atoms with Crippen LogP contribution in [0.4, 0.5) is 21.0 Å². The number of benzene rings is 2. The third-order valence-electron chi connectivity index (χ3n) is 11.9. The molecule has 2 atom stereocenters. The molecule has 0 saturated heterocycles. The molecular weight excluding hydrogens is 637 g/mol. The maximum Gasteiger partial charge on any atom is 0.332 e. The Morgan fingerprint density at radius 2 is 1.26 bits per heavy atom. The molecule has 4 amide bonds. The van der Waals surface area contributed by atoms with Crippen LogP contribution in [0.15, 0.2) is 12.1 Å². The van der Waals surface area contributed by atoms with Gasteiger partial charge in [-0.25, -0.2) is 35.9 Å². The summed E-state index contributed by atoms with van der Waals surface area (Å²) in [5.41, 5.74) is 10.9. The van der Waals surface area contributed by atoms with Crippen LogP contribution >= 0.6 is 0 Å². The summed E-state index contributed by atoms with van der Waals surface area (Å²) in [6, 6.07) is 3.26. The van der Waals surface area contributed by atoms with E-state index in [0.717, 1.165) is 124 Å². The smallest absolute Gasteiger partial charge is 0.307 e. The van der Waals surface area contributed by atoms with Crippen LogP contribution in [0.3, 0.4) is 0 Å². The maximum atomic E-state index is 13.3. The number of amides is 4. The Morgan fingerprint density at radius 1 is 0.617 bits per heavy atom. The number of hydrogen-bond acceptors (Lipinski definition) is 6. The molecule has 8 rings (SSSR count). The summed E-state index contributed by atoms with van der Waals surface area (Å²) in [4.78, 5) is 26.4. The molecule has 0 radical (unpaired) electrons. The van der Waals surface area contributed by atoms with Gasteiger partial charge in [-0.05, 0) is 152 Å². The van der Waals surface area contributed by atoms with Gasteiger partial charge in [-0.2, -0.15) is 0 Å². The SMILES string of the molecule is O=C(Nc1c2c(cc3c1CCC3C1CCc3cc4c(c(NC(=O)NS(=O)(=O)C5CCC5)c31)CCC4)CCC2)NS(=O)(=O)CC1CCC1. The number of nitrogens with one attached hydrogen (secondary N) is 4. The van der Waals surface area contributed by atoms with Gasteiger partial charge in [-0.1, -0.05) is 25.0 Å². The molecule has 6 aliphatic carbocycles. The van der Waals surface area contributed by atoms with Gasteiger partial charge in [-0.15, -0.1) is 0 Å². The topological polar surface area (TPSA) is 151 Å². The summed E-state index contributed by atoms with van der Waals surface area (Å²) in [6.45, 7) is 0. The number of carbonyl (C=O) groups excluding carboxylic acids is 2. The van der Waals surface area contributed by atoms with E-state index in [4.69, 9.17) is 0 Å². The Bertz CT molecular complexity index is 1880. The van der Waals surface area contributed by atoms with Crippen molar-refractivity contribution in [2.45, 2.75) is 120 Å². The van der Waals surface area contributed by atoms with E-state index >= 15 is 0 Å². The Kier molecular flexibility index (Phi) is 7.82. The molecule has 2 saturated carbocycles. The molecule has 0 heterocycles. The Morgan fingerprint density at radius 3 is 1.94 bits per heavy atom. The standard InChI is InChI=1S/C35H44N4O6S2/c40-34(38-46(42,43)19-20-5-1-6-20)36-32-25-11-3-8-22(25)18-30-27(15-16-29(30)32)28-14-13-23-17-21-7-2-12-26(21)33(31(23)28)37-35(41)39-47(44,45)24-9-4-10-24/h17-18,20,24,27-28H,1-16,19H2,(H2,36,38,40)(H2,37,39,41). The second kappa shape index (κ2) is 11.8. The second-order valence-corrected chi connectivity index (χ2v) is 18.4. The number of rotatable bonds is 8. The Hall–Kier alpha value is -3.12. The molecule has 0 aromatic heterocycles. The summed E-state index contributed by atoms with van der Waals surface area (Å²) in [6.07, 6.45) is 13.9. The van der Waals surface area contributed by atoms with E-state index < -0.39 is 37.4 Å². The zero-order valence-corrected chi connectivity index (χ0v) is 28.4. The van der Waals surface area contributed by atoms with Crippen molar-refractivity contribution in [2.75, 3.05) is 16.4 Å². The Balaban J connectivity index is 1.09. The van der Waals surface area contributed by atoms with Crippen LogP contribution in [0.2, 0.25) is 0 Å². The molecule has 2 aromatic carbocycles. The predicted octanol–water partition coefficient (Wildman–Crippen LogP) is 5.68. The van der Waals surface area contributed by atoms with E-state index in [1.165, 1.54) is 22.3 Å². The third kappa shape index (κ3) is 5.72. The van der Waals surface area contributed by atoms with E-state index in [0.29, 0.717) is 12.8 Å². The molecule has 12 heteroatoms. The van der Waals surface area contributed by atoms with E-state index in [9.17, 15) is 26.4 Å². The van der Waals surface area contributed by atoms with Gasteiger partial charge in [0.1, 0.15) is 0 Å². The van der Waals surface area contributed by atoms with Crippen molar-refractivity contribution in [3.8, 4) is 0 Å². The zero-order chi connectivity index (χ0) is 32.5.